The van der Waals surface area contributed by atoms with Crippen LogP contribution in [0.15, 0.2) is 28.7 Å². The maximum atomic E-state index is 13.1. The number of carbonyl (C=O) groups excluding carboxylic acids is 2. The second-order valence-electron chi connectivity index (χ2n) is 6.78. The first-order valence-corrected chi connectivity index (χ1v) is 9.20. The Kier molecular flexibility index (Phi) is 5.88. The second kappa shape index (κ2) is 8.31. The van der Waals surface area contributed by atoms with Gasteiger partial charge in [-0.25, -0.2) is 10.0 Å². The molecule has 1 aromatic heterocycles. The number of unbranched alkanes of at least 4 members (excludes halogenated alkanes) is 1. The lowest BCUT2D eigenvalue weighted by atomic mass is 9.99. The minimum absolute atomic E-state index is 0.0130. The van der Waals surface area contributed by atoms with E-state index in [0.29, 0.717) is 35.9 Å². The highest BCUT2D eigenvalue weighted by atomic mass is 16.5. The first-order chi connectivity index (χ1) is 12.6. The number of fused-ring (bicyclic) bond motifs is 1. The average molecular weight is 359 g/mol. The number of hydrogen-bond acceptors (Lipinski definition) is 5. The topological polar surface area (TPSA) is 86.9 Å². The summed E-state index contributed by atoms with van der Waals surface area (Å²) in [5.41, 5.74) is 1.50. The first kappa shape index (κ1) is 18.4. The molecule has 2 heterocycles. The van der Waals surface area contributed by atoms with Gasteiger partial charge in [-0.15, -0.1) is 0 Å². The van der Waals surface area contributed by atoms with Gasteiger partial charge in [0.25, 0.3) is 0 Å². The van der Waals surface area contributed by atoms with E-state index < -0.39 is 5.92 Å². The van der Waals surface area contributed by atoms with Crippen molar-refractivity contribution < 1.29 is 19.2 Å². The minimum Gasteiger partial charge on any atom is -0.438 e. The molecule has 0 radical (unpaired) electrons. The van der Waals surface area contributed by atoms with E-state index in [9.17, 15) is 14.8 Å². The molecule has 0 saturated carbocycles. The molecule has 3 rings (SSSR count). The summed E-state index contributed by atoms with van der Waals surface area (Å²) >= 11 is 0. The number of rotatable bonds is 8. The summed E-state index contributed by atoms with van der Waals surface area (Å²) in [6, 6.07) is 7.36. The van der Waals surface area contributed by atoms with E-state index in [4.69, 9.17) is 4.42 Å². The number of benzene rings is 1. The number of aromatic nitrogens is 1. The van der Waals surface area contributed by atoms with Crippen LogP contribution < -0.4 is 0 Å². The Morgan fingerprint density at radius 1 is 1.50 bits per heavy atom. The van der Waals surface area contributed by atoms with Crippen LogP contribution in [0.3, 0.4) is 0 Å². The Morgan fingerprint density at radius 3 is 3.04 bits per heavy atom. The fourth-order valence-electron chi connectivity index (χ4n) is 3.57. The summed E-state index contributed by atoms with van der Waals surface area (Å²) < 4.78 is 5.87. The van der Waals surface area contributed by atoms with Crippen molar-refractivity contribution >= 4 is 23.4 Å². The lowest BCUT2D eigenvalue weighted by Crippen LogP contribution is -2.40. The first-order valence-electron chi connectivity index (χ1n) is 9.20. The van der Waals surface area contributed by atoms with Gasteiger partial charge in [-0.05, 0) is 31.4 Å². The number of hydrogen-bond donors (Lipinski definition) is 1. The van der Waals surface area contributed by atoms with Crippen molar-refractivity contribution in [3.8, 4) is 0 Å². The Bertz CT molecular complexity index is 727. The lowest BCUT2D eigenvalue weighted by Gasteiger charge is -2.28. The van der Waals surface area contributed by atoms with E-state index in [2.05, 4.69) is 11.9 Å². The third-order valence-electron chi connectivity index (χ3n) is 4.92. The maximum Gasteiger partial charge on any atom is 0.233 e. The largest absolute Gasteiger partial charge is 0.438 e. The molecule has 26 heavy (non-hydrogen) atoms. The number of para-hydroxylation sites is 2. The van der Waals surface area contributed by atoms with Crippen LogP contribution >= 0.6 is 0 Å². The van der Waals surface area contributed by atoms with Crippen molar-refractivity contribution in [3.05, 3.63) is 30.2 Å². The van der Waals surface area contributed by atoms with Crippen molar-refractivity contribution in [2.24, 2.45) is 5.92 Å². The van der Waals surface area contributed by atoms with E-state index in [0.717, 1.165) is 31.2 Å². The molecule has 1 fully saturated rings. The van der Waals surface area contributed by atoms with Gasteiger partial charge in [0, 0.05) is 6.54 Å². The summed E-state index contributed by atoms with van der Waals surface area (Å²) in [7, 11) is 0. The number of hydroxylamine groups is 2. The van der Waals surface area contributed by atoms with Crippen LogP contribution in [-0.4, -0.2) is 45.6 Å². The zero-order chi connectivity index (χ0) is 18.5. The zero-order valence-corrected chi connectivity index (χ0v) is 15.0. The fraction of sp³-hybridized carbons (Fsp3) is 0.526. The number of oxazole rings is 1. The molecule has 0 aliphatic carbocycles. The van der Waals surface area contributed by atoms with Crippen LogP contribution in [0, 0.1) is 5.92 Å². The zero-order valence-electron chi connectivity index (χ0n) is 15.0. The van der Waals surface area contributed by atoms with Crippen LogP contribution in [0.1, 0.15) is 51.0 Å². The molecule has 1 aliphatic rings. The van der Waals surface area contributed by atoms with E-state index in [1.165, 1.54) is 0 Å². The Labute approximate surface area is 152 Å². The van der Waals surface area contributed by atoms with Gasteiger partial charge in [0.15, 0.2) is 5.58 Å². The van der Waals surface area contributed by atoms with Crippen molar-refractivity contribution in [2.75, 3.05) is 13.1 Å². The summed E-state index contributed by atoms with van der Waals surface area (Å²) in [4.78, 5) is 30.2. The van der Waals surface area contributed by atoms with E-state index in [-0.39, 0.29) is 18.5 Å². The predicted molar refractivity (Wildman–Crippen MR) is 95.3 cm³/mol. The maximum absolute atomic E-state index is 13.1. The van der Waals surface area contributed by atoms with Crippen LogP contribution in [-0.2, 0) is 9.59 Å². The standard InChI is InChI=1S/C19H25N3O4/c1-2-3-7-14(12-21(25)13-23)19(24)22-11-6-9-16(22)18-20-15-8-4-5-10-17(15)26-18/h4-5,8,10,13-14,16,25H,2-3,6-7,9,11-12H2,1H3/t14-,16+/m1/s1. The molecule has 140 valence electrons. The van der Waals surface area contributed by atoms with Gasteiger partial charge in [0.2, 0.25) is 18.2 Å². The molecular formula is C19H25N3O4. The molecule has 7 heteroatoms. The molecule has 2 amide bonds. The minimum atomic E-state index is -0.421. The van der Waals surface area contributed by atoms with Crippen LogP contribution in [0.5, 0.6) is 0 Å². The molecule has 1 aromatic carbocycles. The number of nitrogens with zero attached hydrogens (tertiary/aromatic N) is 3. The summed E-state index contributed by atoms with van der Waals surface area (Å²) in [6.07, 6.45) is 4.47. The Hall–Kier alpha value is -2.41. The average Bonchev–Trinajstić information content (AvgIpc) is 3.30. The molecule has 0 bridgehead atoms. The molecule has 0 spiro atoms. The highest BCUT2D eigenvalue weighted by Gasteiger charge is 2.36. The van der Waals surface area contributed by atoms with Crippen LogP contribution in [0.4, 0.5) is 0 Å². The van der Waals surface area contributed by atoms with Crippen molar-refractivity contribution in [2.45, 2.75) is 45.1 Å². The highest BCUT2D eigenvalue weighted by molar-refractivity contribution is 5.80. The molecule has 7 nitrogen and oxygen atoms in total. The highest BCUT2D eigenvalue weighted by Crippen LogP contribution is 2.34. The van der Waals surface area contributed by atoms with Crippen molar-refractivity contribution in [1.82, 2.24) is 14.9 Å². The third kappa shape index (κ3) is 3.88. The monoisotopic (exact) mass is 359 g/mol. The number of likely N-dealkylation sites (tertiary alicyclic amines) is 1. The van der Waals surface area contributed by atoms with Crippen molar-refractivity contribution in [3.63, 3.8) is 0 Å². The molecule has 2 atom stereocenters. The molecular weight excluding hydrogens is 334 g/mol. The van der Waals surface area contributed by atoms with Crippen LogP contribution in [0.25, 0.3) is 11.1 Å². The molecule has 2 aromatic rings. The summed E-state index contributed by atoms with van der Waals surface area (Å²) in [5.74, 6) is 0.0850. The van der Waals surface area contributed by atoms with Gasteiger partial charge in [-0.3, -0.25) is 14.8 Å². The van der Waals surface area contributed by atoms with Gasteiger partial charge in [-0.1, -0.05) is 31.9 Å². The number of amides is 2. The summed E-state index contributed by atoms with van der Waals surface area (Å²) in [5, 5.41) is 10.1. The van der Waals surface area contributed by atoms with Crippen molar-refractivity contribution in [1.29, 1.82) is 0 Å². The summed E-state index contributed by atoms with van der Waals surface area (Å²) in [6.45, 7) is 2.70. The predicted octanol–water partition coefficient (Wildman–Crippen LogP) is 3.15. The van der Waals surface area contributed by atoms with Gasteiger partial charge >= 0.3 is 0 Å². The smallest absolute Gasteiger partial charge is 0.233 e. The SMILES string of the molecule is CCCC[C@H](CN(O)C=O)C(=O)N1CCC[C@H]1c1nc2ccccc2o1. The Morgan fingerprint density at radius 2 is 2.31 bits per heavy atom. The molecule has 1 aliphatic heterocycles. The van der Waals surface area contributed by atoms with E-state index in [1.807, 2.05) is 24.3 Å². The third-order valence-corrected chi connectivity index (χ3v) is 4.92. The normalized spacial score (nSPS) is 18.2. The quantitative estimate of drug-likeness (QED) is 0.444. The lowest BCUT2D eigenvalue weighted by molar-refractivity contribution is -0.157. The number of carbonyl (C=O) groups is 2. The van der Waals surface area contributed by atoms with Gasteiger partial charge in [0.05, 0.1) is 12.5 Å². The van der Waals surface area contributed by atoms with E-state index in [1.54, 1.807) is 4.90 Å². The second-order valence-corrected chi connectivity index (χ2v) is 6.78. The van der Waals surface area contributed by atoms with Crippen LogP contribution in [0.2, 0.25) is 0 Å². The molecule has 1 saturated heterocycles. The molecule has 1 N–H and O–H groups in total. The van der Waals surface area contributed by atoms with Gasteiger partial charge in [-0.2, -0.15) is 0 Å². The molecule has 0 unspecified atom stereocenters. The van der Waals surface area contributed by atoms with Gasteiger partial charge in [0.1, 0.15) is 11.6 Å². The fourth-order valence-corrected chi connectivity index (χ4v) is 3.57. The van der Waals surface area contributed by atoms with E-state index >= 15 is 0 Å². The Balaban J connectivity index is 1.80. The van der Waals surface area contributed by atoms with Gasteiger partial charge < -0.3 is 9.32 Å².